The Morgan fingerprint density at radius 2 is 2.13 bits per heavy atom. The summed E-state index contributed by atoms with van der Waals surface area (Å²) in [6.07, 6.45) is 5.81. The van der Waals surface area contributed by atoms with Gasteiger partial charge in [0.05, 0.1) is 17.7 Å². The van der Waals surface area contributed by atoms with E-state index in [9.17, 15) is 0 Å². The fraction of sp³-hybridized carbons (Fsp3) is 0.444. The standard InChI is InChI=1S/C18H19N3O2/c1-2-7-15-12(4-1)13-5-3-6-14(16(13)19-15)18-20-17(21-23-18)11-8-9-22-10-11/h3,5-6,11,19H,1-2,4,7-10H2/t11-/m0/s1. The van der Waals surface area contributed by atoms with Crippen molar-refractivity contribution in [1.29, 1.82) is 0 Å². The van der Waals surface area contributed by atoms with Gasteiger partial charge < -0.3 is 14.2 Å². The van der Waals surface area contributed by atoms with Crippen molar-refractivity contribution in [2.24, 2.45) is 0 Å². The zero-order valence-electron chi connectivity index (χ0n) is 13.0. The SMILES string of the molecule is c1cc(-c2nc([C@H]3CCOC3)no2)c2[nH]c3c(c2c1)CCCC3. The van der Waals surface area contributed by atoms with Crippen LogP contribution in [0, 0.1) is 0 Å². The Labute approximate surface area is 134 Å². The van der Waals surface area contributed by atoms with E-state index in [0.717, 1.165) is 42.8 Å². The van der Waals surface area contributed by atoms with E-state index in [0.29, 0.717) is 12.5 Å². The molecule has 0 amide bonds. The Morgan fingerprint density at radius 3 is 3.04 bits per heavy atom. The Kier molecular flexibility index (Phi) is 3.01. The lowest BCUT2D eigenvalue weighted by Crippen LogP contribution is -1.99. The lowest BCUT2D eigenvalue weighted by atomic mass is 9.95. The molecular weight excluding hydrogens is 290 g/mol. The summed E-state index contributed by atoms with van der Waals surface area (Å²) in [4.78, 5) is 8.25. The average molecular weight is 309 g/mol. The molecule has 5 nitrogen and oxygen atoms in total. The maximum Gasteiger partial charge on any atom is 0.260 e. The van der Waals surface area contributed by atoms with Crippen LogP contribution in [0.15, 0.2) is 22.7 Å². The first-order valence-corrected chi connectivity index (χ1v) is 8.44. The fourth-order valence-electron chi connectivity index (χ4n) is 3.86. The molecule has 0 spiro atoms. The Balaban J connectivity index is 1.61. The van der Waals surface area contributed by atoms with E-state index in [2.05, 4.69) is 33.3 Å². The summed E-state index contributed by atoms with van der Waals surface area (Å²) in [5.41, 5.74) is 4.99. The smallest absolute Gasteiger partial charge is 0.260 e. The van der Waals surface area contributed by atoms with Crippen LogP contribution in [0.3, 0.4) is 0 Å². The minimum atomic E-state index is 0.267. The van der Waals surface area contributed by atoms with Gasteiger partial charge in [0.15, 0.2) is 5.82 Å². The molecule has 1 fully saturated rings. The van der Waals surface area contributed by atoms with Crippen LogP contribution in [0.1, 0.15) is 42.3 Å². The van der Waals surface area contributed by atoms with E-state index in [4.69, 9.17) is 9.26 Å². The monoisotopic (exact) mass is 309 g/mol. The van der Waals surface area contributed by atoms with Gasteiger partial charge in [-0.15, -0.1) is 0 Å². The van der Waals surface area contributed by atoms with Crippen molar-refractivity contribution in [3.8, 4) is 11.5 Å². The molecule has 5 heteroatoms. The van der Waals surface area contributed by atoms with E-state index < -0.39 is 0 Å². The third kappa shape index (κ3) is 2.10. The summed E-state index contributed by atoms with van der Waals surface area (Å²) in [5.74, 6) is 1.64. The molecule has 1 saturated heterocycles. The van der Waals surface area contributed by atoms with Gasteiger partial charge in [0.1, 0.15) is 0 Å². The number of nitrogens with one attached hydrogen (secondary N) is 1. The van der Waals surface area contributed by atoms with Crippen molar-refractivity contribution < 1.29 is 9.26 Å². The molecule has 0 unspecified atom stereocenters. The Morgan fingerprint density at radius 1 is 1.17 bits per heavy atom. The van der Waals surface area contributed by atoms with Gasteiger partial charge in [0.25, 0.3) is 5.89 Å². The lowest BCUT2D eigenvalue weighted by molar-refractivity contribution is 0.192. The number of para-hydroxylation sites is 1. The summed E-state index contributed by atoms with van der Waals surface area (Å²) in [5, 5.41) is 5.49. The summed E-state index contributed by atoms with van der Waals surface area (Å²) in [6.45, 7) is 1.48. The van der Waals surface area contributed by atoms with E-state index in [-0.39, 0.29) is 5.92 Å². The highest BCUT2D eigenvalue weighted by Gasteiger charge is 2.25. The molecule has 5 rings (SSSR count). The Bertz CT molecular complexity index is 858. The largest absolute Gasteiger partial charge is 0.381 e. The highest BCUT2D eigenvalue weighted by atomic mass is 16.5. The third-order valence-corrected chi connectivity index (χ3v) is 5.10. The van der Waals surface area contributed by atoms with Gasteiger partial charge in [-0.3, -0.25) is 0 Å². The molecule has 0 saturated carbocycles. The minimum Gasteiger partial charge on any atom is -0.381 e. The summed E-state index contributed by atoms with van der Waals surface area (Å²) in [7, 11) is 0. The maximum atomic E-state index is 5.57. The van der Waals surface area contributed by atoms with Crippen molar-refractivity contribution in [2.45, 2.75) is 38.0 Å². The highest BCUT2D eigenvalue weighted by molar-refractivity contribution is 5.95. The number of rotatable bonds is 2. The van der Waals surface area contributed by atoms with Crippen LogP contribution in [0.4, 0.5) is 0 Å². The van der Waals surface area contributed by atoms with Crippen molar-refractivity contribution in [1.82, 2.24) is 15.1 Å². The van der Waals surface area contributed by atoms with Crippen molar-refractivity contribution in [3.05, 3.63) is 35.3 Å². The fourth-order valence-corrected chi connectivity index (χ4v) is 3.86. The molecule has 2 aliphatic rings. The number of ether oxygens (including phenoxy) is 1. The zero-order valence-corrected chi connectivity index (χ0v) is 13.0. The van der Waals surface area contributed by atoms with Gasteiger partial charge in [0.2, 0.25) is 0 Å². The predicted molar refractivity (Wildman–Crippen MR) is 86.4 cm³/mol. The highest BCUT2D eigenvalue weighted by Crippen LogP contribution is 2.35. The normalized spacial score (nSPS) is 21.0. The molecule has 1 aliphatic heterocycles. The van der Waals surface area contributed by atoms with Gasteiger partial charge in [0, 0.05) is 23.6 Å². The first-order valence-electron chi connectivity index (χ1n) is 8.44. The molecule has 2 aromatic heterocycles. The van der Waals surface area contributed by atoms with Crippen LogP contribution in [-0.2, 0) is 17.6 Å². The molecule has 1 N–H and O–H groups in total. The molecule has 1 aliphatic carbocycles. The molecule has 0 bridgehead atoms. The number of aryl methyl sites for hydroxylation is 2. The second kappa shape index (κ2) is 5.20. The molecule has 3 heterocycles. The number of H-pyrrole nitrogens is 1. The summed E-state index contributed by atoms with van der Waals surface area (Å²) >= 11 is 0. The summed E-state index contributed by atoms with van der Waals surface area (Å²) < 4.78 is 11.0. The van der Waals surface area contributed by atoms with Crippen LogP contribution in [0.5, 0.6) is 0 Å². The van der Waals surface area contributed by atoms with E-state index in [1.54, 1.807) is 0 Å². The van der Waals surface area contributed by atoms with Crippen LogP contribution in [0.25, 0.3) is 22.4 Å². The number of hydrogen-bond acceptors (Lipinski definition) is 4. The molecule has 23 heavy (non-hydrogen) atoms. The van der Waals surface area contributed by atoms with Crippen molar-refractivity contribution in [2.75, 3.05) is 13.2 Å². The predicted octanol–water partition coefficient (Wildman–Crippen LogP) is 3.60. The lowest BCUT2D eigenvalue weighted by Gasteiger charge is -2.10. The van der Waals surface area contributed by atoms with Gasteiger partial charge in [-0.1, -0.05) is 17.3 Å². The number of aromatic nitrogens is 3. The number of fused-ring (bicyclic) bond motifs is 3. The first kappa shape index (κ1) is 13.3. The van der Waals surface area contributed by atoms with E-state index in [1.165, 1.54) is 29.5 Å². The number of benzene rings is 1. The van der Waals surface area contributed by atoms with E-state index >= 15 is 0 Å². The maximum absolute atomic E-state index is 5.57. The van der Waals surface area contributed by atoms with Crippen molar-refractivity contribution in [3.63, 3.8) is 0 Å². The molecule has 118 valence electrons. The van der Waals surface area contributed by atoms with Crippen LogP contribution in [-0.4, -0.2) is 28.3 Å². The van der Waals surface area contributed by atoms with Gasteiger partial charge in [-0.2, -0.15) is 4.98 Å². The quantitative estimate of drug-likeness (QED) is 0.785. The molecule has 0 radical (unpaired) electrons. The number of aromatic amines is 1. The minimum absolute atomic E-state index is 0.267. The van der Waals surface area contributed by atoms with E-state index in [1.807, 2.05) is 0 Å². The molecule has 1 aromatic carbocycles. The summed E-state index contributed by atoms with van der Waals surface area (Å²) in [6, 6.07) is 6.34. The van der Waals surface area contributed by atoms with Gasteiger partial charge >= 0.3 is 0 Å². The number of nitrogens with zero attached hydrogens (tertiary/aromatic N) is 2. The van der Waals surface area contributed by atoms with Gasteiger partial charge in [-0.05, 0) is 43.7 Å². The van der Waals surface area contributed by atoms with Gasteiger partial charge in [-0.25, -0.2) is 0 Å². The average Bonchev–Trinajstić information content (AvgIpc) is 3.32. The Hall–Kier alpha value is -2.14. The van der Waals surface area contributed by atoms with Crippen LogP contribution >= 0.6 is 0 Å². The first-order chi connectivity index (χ1) is 11.4. The molecular formula is C18H19N3O2. The second-order valence-corrected chi connectivity index (χ2v) is 6.54. The third-order valence-electron chi connectivity index (χ3n) is 5.10. The van der Waals surface area contributed by atoms with Crippen LogP contribution < -0.4 is 0 Å². The van der Waals surface area contributed by atoms with Crippen LogP contribution in [0.2, 0.25) is 0 Å². The molecule has 3 aromatic rings. The molecule has 1 atom stereocenters. The number of hydrogen-bond donors (Lipinski definition) is 1. The topological polar surface area (TPSA) is 63.9 Å². The zero-order chi connectivity index (χ0) is 15.2. The van der Waals surface area contributed by atoms with Crippen molar-refractivity contribution >= 4 is 10.9 Å². The second-order valence-electron chi connectivity index (χ2n) is 6.54.